The molecule has 0 aromatic heterocycles. The number of rotatable bonds is 4. The van der Waals surface area contributed by atoms with E-state index in [0.717, 1.165) is 23.2 Å². The molecule has 0 saturated carbocycles. The van der Waals surface area contributed by atoms with Crippen molar-refractivity contribution in [3.63, 3.8) is 0 Å². The number of para-hydroxylation sites is 1. The summed E-state index contributed by atoms with van der Waals surface area (Å²) < 4.78 is 27.6. The van der Waals surface area contributed by atoms with E-state index in [4.69, 9.17) is 0 Å². The van der Waals surface area contributed by atoms with Gasteiger partial charge in [0.2, 0.25) is 15.9 Å². The number of nitrogens with zero attached hydrogens (tertiary/aromatic N) is 3. The summed E-state index contributed by atoms with van der Waals surface area (Å²) in [7, 11) is -3.51. The van der Waals surface area contributed by atoms with E-state index in [1.807, 2.05) is 49.9 Å². The molecule has 30 heavy (non-hydrogen) atoms. The lowest BCUT2D eigenvalue weighted by Gasteiger charge is -2.38. The number of carbonyl (C=O) groups is 1. The maximum absolute atomic E-state index is 13.1. The van der Waals surface area contributed by atoms with Crippen molar-refractivity contribution in [3.8, 4) is 0 Å². The molecule has 6 nitrogen and oxygen atoms in total. The normalized spacial score (nSPS) is 19.0. The highest BCUT2D eigenvalue weighted by molar-refractivity contribution is 7.89. The maximum atomic E-state index is 13.1. The Bertz CT molecular complexity index is 1060. The number of hydrogen-bond acceptors (Lipinski definition) is 4. The zero-order valence-corrected chi connectivity index (χ0v) is 18.7. The predicted octanol–water partition coefficient (Wildman–Crippen LogP) is 2.59. The van der Waals surface area contributed by atoms with Gasteiger partial charge in [0.1, 0.15) is 0 Å². The first kappa shape index (κ1) is 21.0. The fourth-order valence-electron chi connectivity index (χ4n) is 4.30. The van der Waals surface area contributed by atoms with Crippen LogP contribution in [0.25, 0.3) is 0 Å². The highest BCUT2D eigenvalue weighted by atomic mass is 32.2. The van der Waals surface area contributed by atoms with Gasteiger partial charge in [0.25, 0.3) is 0 Å². The van der Waals surface area contributed by atoms with E-state index in [9.17, 15) is 13.2 Å². The summed E-state index contributed by atoms with van der Waals surface area (Å²) in [6, 6.07) is 13.0. The largest absolute Gasteiger partial charge is 0.310 e. The fraction of sp³-hybridized carbons (Fsp3) is 0.435. The molecule has 0 unspecified atom stereocenters. The SMILES string of the molecule is Cc1ccc(S(=O)(=O)N2CCN([C@H](C)C(=O)N3CCc4ccccc43)CC2)cc1C. The van der Waals surface area contributed by atoms with Gasteiger partial charge in [-0.3, -0.25) is 9.69 Å². The van der Waals surface area contributed by atoms with Crippen LogP contribution in [0.3, 0.4) is 0 Å². The van der Waals surface area contributed by atoms with Crippen LogP contribution in [-0.4, -0.2) is 62.3 Å². The van der Waals surface area contributed by atoms with Crippen molar-refractivity contribution in [1.82, 2.24) is 9.21 Å². The van der Waals surface area contributed by atoms with Crippen molar-refractivity contribution in [1.29, 1.82) is 0 Å². The van der Waals surface area contributed by atoms with Gasteiger partial charge in [-0.15, -0.1) is 0 Å². The number of sulfonamides is 1. The number of aryl methyl sites for hydroxylation is 2. The lowest BCUT2D eigenvalue weighted by atomic mass is 10.1. The van der Waals surface area contributed by atoms with Crippen LogP contribution in [0.5, 0.6) is 0 Å². The van der Waals surface area contributed by atoms with Crippen molar-refractivity contribution in [2.75, 3.05) is 37.6 Å². The molecule has 2 heterocycles. The fourth-order valence-corrected chi connectivity index (χ4v) is 5.81. The number of anilines is 1. The van der Waals surface area contributed by atoms with Gasteiger partial charge >= 0.3 is 0 Å². The second-order valence-electron chi connectivity index (χ2n) is 8.23. The first-order valence-corrected chi connectivity index (χ1v) is 11.9. The molecular weight excluding hydrogens is 398 g/mol. The molecule has 2 aliphatic heterocycles. The molecule has 0 N–H and O–H groups in total. The quantitative estimate of drug-likeness (QED) is 0.753. The minimum atomic E-state index is -3.51. The molecule has 1 amide bonds. The third-order valence-corrected chi connectivity index (χ3v) is 8.34. The van der Waals surface area contributed by atoms with Gasteiger partial charge in [-0.2, -0.15) is 4.31 Å². The van der Waals surface area contributed by atoms with E-state index in [-0.39, 0.29) is 11.9 Å². The van der Waals surface area contributed by atoms with E-state index < -0.39 is 10.0 Å². The second-order valence-corrected chi connectivity index (χ2v) is 10.2. The molecule has 0 spiro atoms. The average molecular weight is 428 g/mol. The summed E-state index contributed by atoms with van der Waals surface area (Å²) in [6.07, 6.45) is 0.886. The summed E-state index contributed by atoms with van der Waals surface area (Å²) in [6.45, 7) is 8.42. The van der Waals surface area contributed by atoms with Crippen molar-refractivity contribution >= 4 is 21.6 Å². The Morgan fingerprint density at radius 2 is 1.63 bits per heavy atom. The molecule has 2 aromatic carbocycles. The molecule has 2 aromatic rings. The predicted molar refractivity (Wildman–Crippen MR) is 118 cm³/mol. The zero-order chi connectivity index (χ0) is 21.5. The van der Waals surface area contributed by atoms with E-state index in [0.29, 0.717) is 37.6 Å². The molecule has 7 heteroatoms. The van der Waals surface area contributed by atoms with Crippen LogP contribution in [0.1, 0.15) is 23.6 Å². The van der Waals surface area contributed by atoms with Gasteiger partial charge in [-0.1, -0.05) is 24.3 Å². The number of amides is 1. The topological polar surface area (TPSA) is 60.9 Å². The third-order valence-electron chi connectivity index (χ3n) is 6.45. The Hall–Kier alpha value is -2.22. The van der Waals surface area contributed by atoms with Crippen LogP contribution in [0, 0.1) is 13.8 Å². The molecular formula is C23H29N3O3S. The molecule has 0 radical (unpaired) electrons. The van der Waals surface area contributed by atoms with Crippen molar-refractivity contribution in [2.45, 2.75) is 38.1 Å². The highest BCUT2D eigenvalue weighted by Crippen LogP contribution is 2.29. The van der Waals surface area contributed by atoms with E-state index in [1.165, 1.54) is 9.87 Å². The van der Waals surface area contributed by atoms with Crippen LogP contribution >= 0.6 is 0 Å². The first-order valence-electron chi connectivity index (χ1n) is 10.5. The number of fused-ring (bicyclic) bond motifs is 1. The second kappa shape index (κ2) is 8.13. The lowest BCUT2D eigenvalue weighted by Crippen LogP contribution is -2.55. The molecule has 0 aliphatic carbocycles. The van der Waals surface area contributed by atoms with E-state index in [2.05, 4.69) is 11.0 Å². The average Bonchev–Trinajstić information content (AvgIpc) is 3.19. The van der Waals surface area contributed by atoms with Gasteiger partial charge < -0.3 is 4.90 Å². The van der Waals surface area contributed by atoms with Crippen molar-refractivity contribution in [2.24, 2.45) is 0 Å². The van der Waals surface area contributed by atoms with Crippen LogP contribution in [0.2, 0.25) is 0 Å². The van der Waals surface area contributed by atoms with Crippen LogP contribution in [0.4, 0.5) is 5.69 Å². The van der Waals surface area contributed by atoms with Gasteiger partial charge in [0.05, 0.1) is 10.9 Å². The van der Waals surface area contributed by atoms with Crippen LogP contribution < -0.4 is 4.90 Å². The van der Waals surface area contributed by atoms with Crippen LogP contribution in [-0.2, 0) is 21.2 Å². The third kappa shape index (κ3) is 3.77. The van der Waals surface area contributed by atoms with Crippen molar-refractivity contribution < 1.29 is 13.2 Å². The molecule has 1 saturated heterocycles. The summed E-state index contributed by atoms with van der Waals surface area (Å²) >= 11 is 0. The van der Waals surface area contributed by atoms with Crippen molar-refractivity contribution in [3.05, 3.63) is 59.2 Å². The Morgan fingerprint density at radius 1 is 0.933 bits per heavy atom. The number of benzene rings is 2. The van der Waals surface area contributed by atoms with Gasteiger partial charge in [-0.25, -0.2) is 8.42 Å². The number of hydrogen-bond donors (Lipinski definition) is 0. The molecule has 2 aliphatic rings. The summed E-state index contributed by atoms with van der Waals surface area (Å²) in [4.78, 5) is 17.4. The molecule has 1 atom stereocenters. The first-order chi connectivity index (χ1) is 14.3. The summed E-state index contributed by atoms with van der Waals surface area (Å²) in [5, 5.41) is 0. The van der Waals surface area contributed by atoms with E-state index >= 15 is 0 Å². The standard InChI is InChI=1S/C23H29N3O3S/c1-17-8-9-21(16-18(17)2)30(28,29)25-14-12-24(13-15-25)19(3)23(27)26-11-10-20-6-4-5-7-22(20)26/h4-9,16,19H,10-15H2,1-3H3/t19-/m1/s1. The Labute approximate surface area is 179 Å². The highest BCUT2D eigenvalue weighted by Gasteiger charge is 2.35. The minimum Gasteiger partial charge on any atom is -0.310 e. The Balaban J connectivity index is 1.42. The molecule has 0 bridgehead atoms. The Morgan fingerprint density at radius 3 is 2.33 bits per heavy atom. The lowest BCUT2D eigenvalue weighted by molar-refractivity contribution is -0.123. The van der Waals surface area contributed by atoms with E-state index in [1.54, 1.807) is 12.1 Å². The Kier molecular flexibility index (Phi) is 5.70. The smallest absolute Gasteiger partial charge is 0.244 e. The van der Waals surface area contributed by atoms with Gasteiger partial charge in [0, 0.05) is 38.4 Å². The number of carbonyl (C=O) groups excluding carboxylic acids is 1. The summed E-state index contributed by atoms with van der Waals surface area (Å²) in [5.41, 5.74) is 4.27. The molecule has 160 valence electrons. The molecule has 4 rings (SSSR count). The number of piperazine rings is 1. The monoisotopic (exact) mass is 427 g/mol. The maximum Gasteiger partial charge on any atom is 0.244 e. The van der Waals surface area contributed by atoms with Gasteiger partial charge in [0.15, 0.2) is 0 Å². The minimum absolute atomic E-state index is 0.0883. The summed E-state index contributed by atoms with van der Waals surface area (Å²) in [5.74, 6) is 0.0883. The van der Waals surface area contributed by atoms with Gasteiger partial charge in [-0.05, 0) is 62.1 Å². The zero-order valence-electron chi connectivity index (χ0n) is 17.8. The van der Waals surface area contributed by atoms with Crippen LogP contribution in [0.15, 0.2) is 47.4 Å². The molecule has 1 fully saturated rings.